The van der Waals surface area contributed by atoms with Crippen molar-refractivity contribution < 1.29 is 9.57 Å². The summed E-state index contributed by atoms with van der Waals surface area (Å²) in [4.78, 5) is 5.40. The molecule has 0 aliphatic rings. The Kier molecular flexibility index (Phi) is 10.9. The van der Waals surface area contributed by atoms with Crippen LogP contribution in [0.25, 0.3) is 0 Å². The first-order valence-electron chi connectivity index (χ1n) is 5.85. The van der Waals surface area contributed by atoms with E-state index in [1.807, 2.05) is 0 Å². The van der Waals surface area contributed by atoms with E-state index in [1.165, 1.54) is 6.42 Å². The summed E-state index contributed by atoms with van der Waals surface area (Å²) in [7, 11) is 0. The lowest BCUT2D eigenvalue weighted by Gasteiger charge is -2.17. The summed E-state index contributed by atoms with van der Waals surface area (Å²) in [5, 5.41) is 0. The van der Waals surface area contributed by atoms with E-state index in [4.69, 9.17) is 9.57 Å². The van der Waals surface area contributed by atoms with E-state index in [9.17, 15) is 0 Å². The van der Waals surface area contributed by atoms with Gasteiger partial charge in [-0.15, -0.1) is 0 Å². The molecule has 0 aliphatic heterocycles. The smallest absolute Gasteiger partial charge is 0.177 e. The first kappa shape index (κ1) is 13.9. The zero-order valence-corrected chi connectivity index (χ0v) is 9.84. The Morgan fingerprint density at radius 2 is 1.86 bits per heavy atom. The van der Waals surface area contributed by atoms with Gasteiger partial charge in [0.2, 0.25) is 0 Å². The molecule has 0 radical (unpaired) electrons. The van der Waals surface area contributed by atoms with Gasteiger partial charge in [0.25, 0.3) is 0 Å². The molecule has 0 aromatic carbocycles. The highest BCUT2D eigenvalue weighted by Gasteiger charge is 2.07. The van der Waals surface area contributed by atoms with E-state index >= 15 is 0 Å². The highest BCUT2D eigenvalue weighted by molar-refractivity contribution is 4.43. The van der Waals surface area contributed by atoms with Gasteiger partial charge in [0.1, 0.15) is 0 Å². The number of hydrogen-bond acceptors (Lipinski definition) is 3. The summed E-state index contributed by atoms with van der Waals surface area (Å²) in [5.41, 5.74) is 2.92. The Balaban J connectivity index is 3.44. The zero-order chi connectivity index (χ0) is 10.6. The summed E-state index contributed by atoms with van der Waals surface area (Å²) < 4.78 is 5.58. The van der Waals surface area contributed by atoms with Crippen LogP contribution in [0.5, 0.6) is 0 Å². The molecule has 0 heterocycles. The fourth-order valence-electron chi connectivity index (χ4n) is 1.03. The van der Waals surface area contributed by atoms with Gasteiger partial charge in [-0.2, -0.15) is 5.48 Å². The summed E-state index contributed by atoms with van der Waals surface area (Å²) in [6.07, 6.45) is 5.33. The lowest BCUT2D eigenvalue weighted by atomic mass is 10.3. The molecule has 0 aromatic rings. The van der Waals surface area contributed by atoms with Crippen molar-refractivity contribution in [2.75, 3.05) is 13.2 Å². The molecular formula is C11H25NO2. The van der Waals surface area contributed by atoms with Gasteiger partial charge >= 0.3 is 0 Å². The number of nitrogens with one attached hydrogen (secondary N) is 1. The van der Waals surface area contributed by atoms with Crippen molar-refractivity contribution in [2.24, 2.45) is 0 Å². The average molecular weight is 203 g/mol. The third kappa shape index (κ3) is 8.48. The van der Waals surface area contributed by atoms with Crippen LogP contribution in [0, 0.1) is 0 Å². The van der Waals surface area contributed by atoms with Crippen LogP contribution in [0.15, 0.2) is 0 Å². The molecule has 0 saturated heterocycles. The van der Waals surface area contributed by atoms with Crippen LogP contribution in [0.2, 0.25) is 0 Å². The maximum Gasteiger partial charge on any atom is 0.177 e. The van der Waals surface area contributed by atoms with Gasteiger partial charge in [0.05, 0.1) is 0 Å². The van der Waals surface area contributed by atoms with E-state index in [2.05, 4.69) is 26.3 Å². The highest BCUT2D eigenvalue weighted by Crippen LogP contribution is 2.03. The topological polar surface area (TPSA) is 30.5 Å². The molecule has 0 saturated carbocycles. The van der Waals surface area contributed by atoms with E-state index < -0.39 is 0 Å². The van der Waals surface area contributed by atoms with E-state index in [0.29, 0.717) is 0 Å². The Bertz CT molecular complexity index is 99.5. The maximum absolute atomic E-state index is 5.58. The molecule has 1 N–H and O–H groups in total. The minimum atomic E-state index is -0.0712. The molecule has 86 valence electrons. The third-order valence-electron chi connectivity index (χ3n) is 1.89. The van der Waals surface area contributed by atoms with E-state index in [1.54, 1.807) is 0 Å². The Labute approximate surface area is 88.1 Å². The van der Waals surface area contributed by atoms with Gasteiger partial charge in [-0.05, 0) is 19.3 Å². The predicted molar refractivity (Wildman–Crippen MR) is 58.9 cm³/mol. The molecule has 0 amide bonds. The molecule has 1 unspecified atom stereocenters. The molecule has 3 nitrogen and oxygen atoms in total. The van der Waals surface area contributed by atoms with Crippen molar-refractivity contribution in [1.29, 1.82) is 0 Å². The molecule has 0 fully saturated rings. The van der Waals surface area contributed by atoms with Gasteiger partial charge in [-0.3, -0.25) is 4.84 Å². The third-order valence-corrected chi connectivity index (χ3v) is 1.89. The largest absolute Gasteiger partial charge is 0.351 e. The molecule has 0 aromatic heterocycles. The number of hydrogen-bond donors (Lipinski definition) is 1. The quantitative estimate of drug-likeness (QED) is 0.336. The molecule has 1 atom stereocenters. The van der Waals surface area contributed by atoms with Crippen molar-refractivity contribution >= 4 is 0 Å². The number of unbranched alkanes of at least 4 members (excludes halogenated alkanes) is 1. The standard InChI is InChI=1S/C11H25NO2/c1-4-7-10-13-11(8-5-2)14-12-9-6-3/h11-12H,4-10H2,1-3H3. The molecule has 0 spiro atoms. The van der Waals surface area contributed by atoms with Crippen molar-refractivity contribution in [3.63, 3.8) is 0 Å². The van der Waals surface area contributed by atoms with Gasteiger partial charge in [0.15, 0.2) is 6.29 Å². The highest BCUT2D eigenvalue weighted by atomic mass is 16.8. The van der Waals surface area contributed by atoms with Crippen LogP contribution in [-0.2, 0) is 9.57 Å². The fourth-order valence-corrected chi connectivity index (χ4v) is 1.03. The van der Waals surface area contributed by atoms with Gasteiger partial charge in [-0.1, -0.05) is 33.6 Å². The lowest BCUT2D eigenvalue weighted by Crippen LogP contribution is -2.27. The molecule has 0 rings (SSSR count). The zero-order valence-electron chi connectivity index (χ0n) is 9.84. The van der Waals surface area contributed by atoms with Crippen molar-refractivity contribution in [2.45, 2.75) is 59.2 Å². The minimum absolute atomic E-state index is 0.0712. The number of ether oxygens (including phenoxy) is 1. The summed E-state index contributed by atoms with van der Waals surface area (Å²) in [6.45, 7) is 8.10. The number of rotatable bonds is 10. The Morgan fingerprint density at radius 1 is 1.07 bits per heavy atom. The summed E-state index contributed by atoms with van der Waals surface area (Å²) in [5.74, 6) is 0. The van der Waals surface area contributed by atoms with E-state index in [-0.39, 0.29) is 6.29 Å². The maximum atomic E-state index is 5.58. The van der Waals surface area contributed by atoms with Crippen LogP contribution < -0.4 is 5.48 Å². The van der Waals surface area contributed by atoms with Gasteiger partial charge < -0.3 is 4.74 Å². The van der Waals surface area contributed by atoms with Crippen LogP contribution in [0.4, 0.5) is 0 Å². The second-order valence-electron chi connectivity index (χ2n) is 3.45. The molecule has 0 bridgehead atoms. The molecule has 3 heteroatoms. The first-order chi connectivity index (χ1) is 6.85. The summed E-state index contributed by atoms with van der Waals surface area (Å²) in [6, 6.07) is 0. The average Bonchev–Trinajstić information content (AvgIpc) is 2.18. The monoisotopic (exact) mass is 203 g/mol. The van der Waals surface area contributed by atoms with Crippen molar-refractivity contribution in [3.05, 3.63) is 0 Å². The van der Waals surface area contributed by atoms with E-state index in [0.717, 1.165) is 38.8 Å². The van der Waals surface area contributed by atoms with Gasteiger partial charge in [0, 0.05) is 13.2 Å². The fraction of sp³-hybridized carbons (Fsp3) is 1.00. The Hall–Kier alpha value is -0.120. The van der Waals surface area contributed by atoms with Crippen LogP contribution in [0.3, 0.4) is 0 Å². The van der Waals surface area contributed by atoms with Crippen molar-refractivity contribution in [3.8, 4) is 0 Å². The first-order valence-corrected chi connectivity index (χ1v) is 5.85. The SMILES string of the molecule is CCCCOC(CCC)ONCCC. The second-order valence-corrected chi connectivity index (χ2v) is 3.45. The van der Waals surface area contributed by atoms with Crippen LogP contribution in [-0.4, -0.2) is 19.4 Å². The molecule has 0 aliphatic carbocycles. The number of hydroxylamine groups is 1. The molecule has 14 heavy (non-hydrogen) atoms. The Morgan fingerprint density at radius 3 is 2.43 bits per heavy atom. The minimum Gasteiger partial charge on any atom is -0.351 e. The van der Waals surface area contributed by atoms with Crippen LogP contribution in [0.1, 0.15) is 52.9 Å². The van der Waals surface area contributed by atoms with Crippen molar-refractivity contribution in [1.82, 2.24) is 5.48 Å². The normalized spacial score (nSPS) is 13.1. The second kappa shape index (κ2) is 11.0. The van der Waals surface area contributed by atoms with Gasteiger partial charge in [-0.25, -0.2) is 0 Å². The van der Waals surface area contributed by atoms with Crippen LogP contribution >= 0.6 is 0 Å². The summed E-state index contributed by atoms with van der Waals surface area (Å²) >= 11 is 0. The predicted octanol–water partition coefficient (Wildman–Crippen LogP) is 2.86. The molecular weight excluding hydrogens is 178 g/mol. The lowest BCUT2D eigenvalue weighted by molar-refractivity contribution is -0.183.